The van der Waals surface area contributed by atoms with Crippen LogP contribution in [0, 0.1) is 0 Å². The molecule has 0 rings (SSSR count). The van der Waals surface area contributed by atoms with E-state index in [1.54, 1.807) is 0 Å². The molecule has 0 fully saturated rings. The Morgan fingerprint density at radius 3 is 0.762 bits per heavy atom. The minimum Gasteiger partial charge on any atom is -0.462 e. The van der Waals surface area contributed by atoms with Crippen molar-refractivity contribution in [2.75, 3.05) is 13.2 Å². The van der Waals surface area contributed by atoms with Gasteiger partial charge in [0.15, 0.2) is 6.10 Å². The van der Waals surface area contributed by atoms with Gasteiger partial charge in [-0.2, -0.15) is 0 Å². The number of esters is 3. The first kappa shape index (κ1) is 75.8. The van der Waals surface area contributed by atoms with Gasteiger partial charge in [-0.3, -0.25) is 14.4 Å². The minimum atomic E-state index is -0.788. The first-order chi connectivity index (χ1) is 39.5. The van der Waals surface area contributed by atoms with Crippen molar-refractivity contribution in [2.45, 2.75) is 316 Å². The summed E-state index contributed by atoms with van der Waals surface area (Å²) in [6.07, 6.45) is 93.6. The van der Waals surface area contributed by atoms with Crippen LogP contribution in [0.3, 0.4) is 0 Å². The molecule has 0 aliphatic carbocycles. The summed E-state index contributed by atoms with van der Waals surface area (Å²) >= 11 is 0. The highest BCUT2D eigenvalue weighted by atomic mass is 16.6. The average Bonchev–Trinajstić information content (AvgIpc) is 3.46. The second-order valence-electron chi connectivity index (χ2n) is 22.0. The molecule has 0 heterocycles. The molecule has 0 amide bonds. The summed E-state index contributed by atoms with van der Waals surface area (Å²) in [5, 5.41) is 0. The Kier molecular flexibility index (Phi) is 63.8. The standard InChI is InChI=1S/C74H124O6/c1-4-7-10-13-16-19-22-24-26-28-30-32-34-36-37-39-40-42-44-46-48-50-52-55-58-61-64-67-73(76)79-70-71(69-78-72(75)66-63-60-57-54-21-18-15-12-9-6-3)80-74(77)68-65-62-59-56-53-51-49-47-45-43-41-38-35-33-31-29-27-25-23-20-17-14-11-8-5-2/h7-8,10-11,16-17,19-20,24-27,30-33,38,41,45,47,71H,4-6,9,12-15,18,21-23,28-29,34-37,39-40,42-44,46,48-70H2,1-3H3/b10-7-,11-8-,19-16-,20-17-,26-24-,27-25-,32-30-,33-31-,41-38-,47-45-. The Bertz CT molecular complexity index is 1650. The first-order valence-electron chi connectivity index (χ1n) is 33.5. The van der Waals surface area contributed by atoms with Crippen LogP contribution in [0.15, 0.2) is 122 Å². The maximum Gasteiger partial charge on any atom is 0.306 e. The lowest BCUT2D eigenvalue weighted by molar-refractivity contribution is -0.167. The molecule has 0 aromatic rings. The number of unbranched alkanes of at least 4 members (excludes halogenated alkanes) is 29. The molecule has 0 bridgehead atoms. The smallest absolute Gasteiger partial charge is 0.306 e. The molecular weight excluding hydrogens is 985 g/mol. The van der Waals surface area contributed by atoms with Crippen molar-refractivity contribution in [1.29, 1.82) is 0 Å². The molecule has 0 aromatic carbocycles. The molecule has 6 nitrogen and oxygen atoms in total. The maximum absolute atomic E-state index is 12.9. The van der Waals surface area contributed by atoms with Crippen LogP contribution in [-0.2, 0) is 28.6 Å². The van der Waals surface area contributed by atoms with Crippen LogP contribution in [0.5, 0.6) is 0 Å². The summed E-state index contributed by atoms with van der Waals surface area (Å²) in [7, 11) is 0. The zero-order chi connectivity index (χ0) is 57.8. The topological polar surface area (TPSA) is 78.9 Å². The van der Waals surface area contributed by atoms with Gasteiger partial charge in [0.2, 0.25) is 0 Å². The lowest BCUT2D eigenvalue weighted by Gasteiger charge is -2.18. The van der Waals surface area contributed by atoms with E-state index in [2.05, 4.69) is 142 Å². The van der Waals surface area contributed by atoms with Gasteiger partial charge >= 0.3 is 17.9 Å². The van der Waals surface area contributed by atoms with E-state index in [9.17, 15) is 14.4 Å². The molecule has 0 saturated carbocycles. The normalized spacial score (nSPS) is 12.9. The zero-order valence-electron chi connectivity index (χ0n) is 52.3. The summed E-state index contributed by atoms with van der Waals surface area (Å²) < 4.78 is 16.9. The SMILES string of the molecule is CC/C=C\C/C=C\C/C=C\C/C=C\C/C=C\C/C=C\CCCCCCCCC(=O)OC(COC(=O)CCCCCCCCCCCC)COC(=O)CCCCCCCCCCCCCCCC/C=C\C/C=C\C/C=C\C/C=C\CC. The van der Waals surface area contributed by atoms with Gasteiger partial charge in [0.1, 0.15) is 13.2 Å². The molecular formula is C74H124O6. The van der Waals surface area contributed by atoms with Crippen molar-refractivity contribution in [3.63, 3.8) is 0 Å². The molecule has 1 unspecified atom stereocenters. The minimum absolute atomic E-state index is 0.0832. The van der Waals surface area contributed by atoms with E-state index in [1.165, 1.54) is 135 Å². The predicted octanol–water partition coefficient (Wildman–Crippen LogP) is 23.2. The van der Waals surface area contributed by atoms with Gasteiger partial charge in [0.05, 0.1) is 0 Å². The van der Waals surface area contributed by atoms with Crippen LogP contribution in [0.25, 0.3) is 0 Å². The number of hydrogen-bond acceptors (Lipinski definition) is 6. The van der Waals surface area contributed by atoms with Gasteiger partial charge in [0.25, 0.3) is 0 Å². The molecule has 6 heteroatoms. The molecule has 1 atom stereocenters. The summed E-state index contributed by atoms with van der Waals surface area (Å²) in [6, 6.07) is 0. The van der Waals surface area contributed by atoms with Crippen molar-refractivity contribution in [2.24, 2.45) is 0 Å². The molecule has 0 aliphatic rings. The lowest BCUT2D eigenvalue weighted by atomic mass is 10.0. The van der Waals surface area contributed by atoms with Crippen LogP contribution in [0.4, 0.5) is 0 Å². The monoisotopic (exact) mass is 1110 g/mol. The van der Waals surface area contributed by atoms with Crippen LogP contribution in [0.2, 0.25) is 0 Å². The highest BCUT2D eigenvalue weighted by Gasteiger charge is 2.19. The highest BCUT2D eigenvalue weighted by Crippen LogP contribution is 2.16. The van der Waals surface area contributed by atoms with Gasteiger partial charge in [-0.15, -0.1) is 0 Å². The fourth-order valence-electron chi connectivity index (χ4n) is 9.26. The third-order valence-corrected chi connectivity index (χ3v) is 14.2. The fraction of sp³-hybridized carbons (Fsp3) is 0.689. The Morgan fingerprint density at radius 2 is 0.487 bits per heavy atom. The van der Waals surface area contributed by atoms with Crippen molar-refractivity contribution < 1.29 is 28.6 Å². The largest absolute Gasteiger partial charge is 0.462 e. The Labute approximate surface area is 494 Å². The van der Waals surface area contributed by atoms with Gasteiger partial charge in [-0.1, -0.05) is 303 Å². The summed E-state index contributed by atoms with van der Waals surface area (Å²) in [4.78, 5) is 38.3. The molecule has 456 valence electrons. The average molecular weight is 1110 g/mol. The highest BCUT2D eigenvalue weighted by molar-refractivity contribution is 5.71. The lowest BCUT2D eigenvalue weighted by Crippen LogP contribution is -2.30. The van der Waals surface area contributed by atoms with Gasteiger partial charge in [-0.05, 0) is 109 Å². The van der Waals surface area contributed by atoms with E-state index in [-0.39, 0.29) is 31.1 Å². The van der Waals surface area contributed by atoms with Crippen LogP contribution < -0.4 is 0 Å². The summed E-state index contributed by atoms with van der Waals surface area (Å²) in [6.45, 7) is 6.41. The van der Waals surface area contributed by atoms with Crippen LogP contribution in [0.1, 0.15) is 310 Å². The quantitative estimate of drug-likeness (QED) is 0.0261. The van der Waals surface area contributed by atoms with E-state index in [4.69, 9.17) is 14.2 Å². The Morgan fingerprint density at radius 1 is 0.263 bits per heavy atom. The van der Waals surface area contributed by atoms with E-state index in [1.807, 2.05) is 0 Å². The fourth-order valence-corrected chi connectivity index (χ4v) is 9.26. The van der Waals surface area contributed by atoms with Crippen molar-refractivity contribution in [1.82, 2.24) is 0 Å². The number of allylic oxidation sites excluding steroid dienone is 20. The molecule has 0 aromatic heterocycles. The number of carbonyl (C=O) groups excluding carboxylic acids is 3. The molecule has 0 aliphatic heterocycles. The number of hydrogen-bond donors (Lipinski definition) is 0. The third kappa shape index (κ3) is 64.6. The molecule has 0 spiro atoms. The Balaban J connectivity index is 4.26. The third-order valence-electron chi connectivity index (χ3n) is 14.2. The summed E-state index contributed by atoms with van der Waals surface area (Å²) in [5.41, 5.74) is 0. The molecule has 0 N–H and O–H groups in total. The van der Waals surface area contributed by atoms with Crippen molar-refractivity contribution in [3.8, 4) is 0 Å². The van der Waals surface area contributed by atoms with Crippen LogP contribution in [-0.4, -0.2) is 37.2 Å². The molecule has 80 heavy (non-hydrogen) atoms. The first-order valence-corrected chi connectivity index (χ1v) is 33.5. The molecule has 0 saturated heterocycles. The van der Waals surface area contributed by atoms with Gasteiger partial charge < -0.3 is 14.2 Å². The summed E-state index contributed by atoms with van der Waals surface area (Å²) in [5.74, 6) is -0.892. The number of ether oxygens (including phenoxy) is 3. The van der Waals surface area contributed by atoms with Crippen molar-refractivity contribution >= 4 is 17.9 Å². The van der Waals surface area contributed by atoms with E-state index in [0.29, 0.717) is 19.3 Å². The van der Waals surface area contributed by atoms with Gasteiger partial charge in [-0.25, -0.2) is 0 Å². The molecule has 0 radical (unpaired) electrons. The number of rotatable bonds is 60. The number of carbonyl (C=O) groups is 3. The van der Waals surface area contributed by atoms with E-state index in [0.717, 1.165) is 135 Å². The van der Waals surface area contributed by atoms with E-state index >= 15 is 0 Å². The van der Waals surface area contributed by atoms with Crippen LogP contribution >= 0.6 is 0 Å². The second kappa shape index (κ2) is 67.3. The zero-order valence-corrected chi connectivity index (χ0v) is 52.3. The maximum atomic E-state index is 12.9. The second-order valence-corrected chi connectivity index (χ2v) is 22.0. The van der Waals surface area contributed by atoms with Crippen molar-refractivity contribution in [3.05, 3.63) is 122 Å². The van der Waals surface area contributed by atoms with E-state index < -0.39 is 6.10 Å². The predicted molar refractivity (Wildman–Crippen MR) is 348 cm³/mol. The van der Waals surface area contributed by atoms with Gasteiger partial charge in [0, 0.05) is 19.3 Å². The Hall–Kier alpha value is -4.19.